The van der Waals surface area contributed by atoms with Gasteiger partial charge < -0.3 is 14.7 Å². The molecule has 2 aromatic rings. The normalized spacial score (nSPS) is 14.5. The van der Waals surface area contributed by atoms with Crippen LogP contribution in [-0.2, 0) is 4.79 Å². The number of nitrogens with zero attached hydrogens (tertiary/aromatic N) is 5. The average Bonchev–Trinajstić information content (AvgIpc) is 2.62. The number of aromatic nitrogens is 2. The van der Waals surface area contributed by atoms with Gasteiger partial charge in [-0.2, -0.15) is 4.98 Å². The van der Waals surface area contributed by atoms with Gasteiger partial charge in [0.2, 0.25) is 12.4 Å². The number of hydrogen-bond donors (Lipinski definition) is 0. The Morgan fingerprint density at radius 1 is 1.12 bits per heavy atom. The van der Waals surface area contributed by atoms with E-state index in [9.17, 15) is 4.79 Å². The highest BCUT2D eigenvalue weighted by Gasteiger charge is 2.19. The van der Waals surface area contributed by atoms with Gasteiger partial charge in [0.15, 0.2) is 0 Å². The lowest BCUT2D eigenvalue weighted by Gasteiger charge is -2.34. The molecule has 1 aliphatic rings. The van der Waals surface area contributed by atoms with Crippen molar-refractivity contribution in [3.05, 3.63) is 41.6 Å². The molecule has 6 nitrogen and oxygen atoms in total. The van der Waals surface area contributed by atoms with Crippen molar-refractivity contribution < 1.29 is 4.79 Å². The van der Waals surface area contributed by atoms with Crippen LogP contribution in [0.3, 0.4) is 0 Å². The zero-order chi connectivity index (χ0) is 17.8. The summed E-state index contributed by atoms with van der Waals surface area (Å²) in [5.74, 6) is 1.65. The van der Waals surface area contributed by atoms with Crippen molar-refractivity contribution in [2.75, 3.05) is 42.5 Å². The van der Waals surface area contributed by atoms with E-state index in [4.69, 9.17) is 4.98 Å². The molecule has 2 heterocycles. The quantitative estimate of drug-likeness (QED) is 0.784. The van der Waals surface area contributed by atoms with Gasteiger partial charge in [-0.15, -0.1) is 0 Å². The van der Waals surface area contributed by atoms with E-state index in [1.54, 1.807) is 4.90 Å². The SMILES string of the molecule is CCN(c1cccc(C)c1)c1nc(C)cc(N2CCN(C=O)CC2)n1. The smallest absolute Gasteiger partial charge is 0.232 e. The van der Waals surface area contributed by atoms with E-state index in [-0.39, 0.29) is 0 Å². The molecule has 1 aromatic heterocycles. The molecule has 0 N–H and O–H groups in total. The molecule has 1 aromatic carbocycles. The minimum atomic E-state index is 0.723. The van der Waals surface area contributed by atoms with Gasteiger partial charge in [0.1, 0.15) is 5.82 Å². The highest BCUT2D eigenvalue weighted by Crippen LogP contribution is 2.25. The minimum Gasteiger partial charge on any atom is -0.353 e. The fourth-order valence-corrected chi connectivity index (χ4v) is 3.11. The van der Waals surface area contributed by atoms with Gasteiger partial charge in [-0.05, 0) is 38.5 Å². The first-order valence-corrected chi connectivity index (χ1v) is 8.75. The lowest BCUT2D eigenvalue weighted by atomic mass is 10.2. The third-order valence-corrected chi connectivity index (χ3v) is 4.49. The number of carbonyl (C=O) groups is 1. The summed E-state index contributed by atoms with van der Waals surface area (Å²) in [7, 11) is 0. The number of amides is 1. The summed E-state index contributed by atoms with van der Waals surface area (Å²) in [6, 6.07) is 10.4. The fourth-order valence-electron chi connectivity index (χ4n) is 3.11. The second kappa shape index (κ2) is 7.51. The zero-order valence-corrected chi connectivity index (χ0v) is 15.1. The van der Waals surface area contributed by atoms with Gasteiger partial charge in [-0.3, -0.25) is 4.79 Å². The summed E-state index contributed by atoms with van der Waals surface area (Å²) in [6.07, 6.45) is 0.921. The maximum absolute atomic E-state index is 10.9. The summed E-state index contributed by atoms with van der Waals surface area (Å²) in [5, 5.41) is 0. The summed E-state index contributed by atoms with van der Waals surface area (Å²) >= 11 is 0. The third kappa shape index (κ3) is 3.90. The molecule has 6 heteroatoms. The van der Waals surface area contributed by atoms with Crippen molar-refractivity contribution in [3.63, 3.8) is 0 Å². The summed E-state index contributed by atoms with van der Waals surface area (Å²) < 4.78 is 0. The molecule has 0 spiro atoms. The Morgan fingerprint density at radius 3 is 2.52 bits per heavy atom. The van der Waals surface area contributed by atoms with Gasteiger partial charge in [0.25, 0.3) is 0 Å². The molecule has 0 bridgehead atoms. The van der Waals surface area contributed by atoms with Gasteiger partial charge >= 0.3 is 0 Å². The van der Waals surface area contributed by atoms with Crippen LogP contribution >= 0.6 is 0 Å². The largest absolute Gasteiger partial charge is 0.353 e. The number of carbonyl (C=O) groups excluding carboxylic acids is 1. The monoisotopic (exact) mass is 339 g/mol. The van der Waals surface area contributed by atoms with Crippen LogP contribution in [0.15, 0.2) is 30.3 Å². The van der Waals surface area contributed by atoms with E-state index in [0.717, 1.165) is 62.3 Å². The van der Waals surface area contributed by atoms with Crippen molar-refractivity contribution in [1.82, 2.24) is 14.9 Å². The molecule has 3 rings (SSSR count). The van der Waals surface area contributed by atoms with Gasteiger partial charge in [0, 0.05) is 50.2 Å². The Balaban J connectivity index is 1.89. The van der Waals surface area contributed by atoms with Crippen molar-refractivity contribution in [2.24, 2.45) is 0 Å². The molecule has 1 amide bonds. The van der Waals surface area contributed by atoms with Crippen LogP contribution in [0.2, 0.25) is 0 Å². The number of anilines is 3. The third-order valence-electron chi connectivity index (χ3n) is 4.49. The Hall–Kier alpha value is -2.63. The molecule has 25 heavy (non-hydrogen) atoms. The molecule has 0 aliphatic carbocycles. The van der Waals surface area contributed by atoms with Crippen LogP contribution in [0.4, 0.5) is 17.5 Å². The highest BCUT2D eigenvalue weighted by molar-refractivity contribution is 5.60. The van der Waals surface area contributed by atoms with Crippen molar-refractivity contribution >= 4 is 23.9 Å². The summed E-state index contributed by atoms with van der Waals surface area (Å²) in [5.41, 5.74) is 3.27. The van der Waals surface area contributed by atoms with Crippen LogP contribution in [0.25, 0.3) is 0 Å². The standard InChI is InChI=1S/C19H25N5O/c1-4-24(17-7-5-6-15(2)12-17)19-20-16(3)13-18(21-19)23-10-8-22(14-25)9-11-23/h5-7,12-14H,4,8-11H2,1-3H3. The van der Waals surface area contributed by atoms with Gasteiger partial charge in [-0.1, -0.05) is 12.1 Å². The predicted molar refractivity (Wildman–Crippen MR) is 100 cm³/mol. The number of rotatable bonds is 5. The van der Waals surface area contributed by atoms with Gasteiger partial charge in [0.05, 0.1) is 0 Å². The average molecular weight is 339 g/mol. The summed E-state index contributed by atoms with van der Waals surface area (Å²) in [4.78, 5) is 26.5. The minimum absolute atomic E-state index is 0.723. The van der Waals surface area contributed by atoms with Crippen molar-refractivity contribution in [1.29, 1.82) is 0 Å². The number of benzene rings is 1. The number of hydrogen-bond acceptors (Lipinski definition) is 5. The van der Waals surface area contributed by atoms with Crippen LogP contribution in [0.1, 0.15) is 18.2 Å². The van der Waals surface area contributed by atoms with E-state index in [0.29, 0.717) is 0 Å². The zero-order valence-electron chi connectivity index (χ0n) is 15.1. The van der Waals surface area contributed by atoms with E-state index in [1.807, 2.05) is 13.0 Å². The molecular weight excluding hydrogens is 314 g/mol. The first kappa shape index (κ1) is 17.2. The van der Waals surface area contributed by atoms with E-state index in [2.05, 4.69) is 52.9 Å². The maximum atomic E-state index is 10.9. The first-order chi connectivity index (χ1) is 12.1. The van der Waals surface area contributed by atoms with Crippen molar-refractivity contribution in [3.8, 4) is 0 Å². The molecule has 0 atom stereocenters. The fraction of sp³-hybridized carbons (Fsp3) is 0.421. The molecule has 1 aliphatic heterocycles. The Kier molecular flexibility index (Phi) is 5.16. The molecule has 1 fully saturated rings. The maximum Gasteiger partial charge on any atom is 0.232 e. The molecule has 0 radical (unpaired) electrons. The van der Waals surface area contributed by atoms with E-state index >= 15 is 0 Å². The molecular formula is C19H25N5O. The topological polar surface area (TPSA) is 52.6 Å². The predicted octanol–water partition coefficient (Wildman–Crippen LogP) is 2.53. The summed E-state index contributed by atoms with van der Waals surface area (Å²) in [6.45, 7) is 10.1. The first-order valence-electron chi connectivity index (χ1n) is 8.75. The molecule has 1 saturated heterocycles. The number of piperazine rings is 1. The van der Waals surface area contributed by atoms with Gasteiger partial charge in [-0.25, -0.2) is 4.98 Å². The van der Waals surface area contributed by atoms with Crippen LogP contribution < -0.4 is 9.80 Å². The van der Waals surface area contributed by atoms with Crippen LogP contribution in [-0.4, -0.2) is 54.0 Å². The lowest BCUT2D eigenvalue weighted by molar-refractivity contribution is -0.118. The second-order valence-corrected chi connectivity index (χ2v) is 6.38. The van der Waals surface area contributed by atoms with E-state index in [1.165, 1.54) is 5.56 Å². The van der Waals surface area contributed by atoms with Crippen molar-refractivity contribution in [2.45, 2.75) is 20.8 Å². The molecule has 132 valence electrons. The Morgan fingerprint density at radius 2 is 1.88 bits per heavy atom. The lowest BCUT2D eigenvalue weighted by Crippen LogP contribution is -2.46. The number of aryl methyl sites for hydroxylation is 2. The highest BCUT2D eigenvalue weighted by atomic mass is 16.1. The Bertz CT molecular complexity index is 740. The Labute approximate surface area is 149 Å². The van der Waals surface area contributed by atoms with Crippen LogP contribution in [0, 0.1) is 13.8 Å². The molecule has 0 unspecified atom stereocenters. The van der Waals surface area contributed by atoms with Crippen LogP contribution in [0.5, 0.6) is 0 Å². The van der Waals surface area contributed by atoms with E-state index < -0.39 is 0 Å². The second-order valence-electron chi connectivity index (χ2n) is 6.38. The molecule has 0 saturated carbocycles.